The fraction of sp³-hybridized carbons (Fsp3) is 0.600. The predicted octanol–water partition coefficient (Wildman–Crippen LogP) is 4.46. The second-order valence-corrected chi connectivity index (χ2v) is 8.85. The summed E-state index contributed by atoms with van der Waals surface area (Å²) in [6.45, 7) is 10.3. The van der Waals surface area contributed by atoms with Gasteiger partial charge in [0.25, 0.3) is 0 Å². The molecule has 130 valence electrons. The first-order chi connectivity index (χ1) is 11.0. The molecule has 1 aromatic carbocycles. The quantitative estimate of drug-likeness (QED) is 0.706. The van der Waals surface area contributed by atoms with Crippen molar-refractivity contribution in [3.63, 3.8) is 0 Å². The largest absolute Gasteiger partial charge is 0.443 e. The molecule has 0 saturated heterocycles. The van der Waals surface area contributed by atoms with Gasteiger partial charge in [-0.2, -0.15) is 0 Å². The van der Waals surface area contributed by atoms with Gasteiger partial charge in [-0.3, -0.25) is 9.69 Å². The third-order valence-corrected chi connectivity index (χ3v) is 5.21. The Bertz CT molecular complexity index is 686. The van der Waals surface area contributed by atoms with Crippen LogP contribution in [0.15, 0.2) is 24.3 Å². The number of hydrogen-bond acceptors (Lipinski definition) is 3. The number of carbonyl (C=O) groups is 2. The smallest absolute Gasteiger partial charge is 0.414 e. The minimum absolute atomic E-state index is 0.148. The van der Waals surface area contributed by atoms with Crippen LogP contribution in [-0.2, 0) is 14.9 Å². The van der Waals surface area contributed by atoms with E-state index in [1.165, 1.54) is 5.56 Å². The van der Waals surface area contributed by atoms with E-state index in [9.17, 15) is 9.59 Å². The molecule has 1 fully saturated rings. The van der Waals surface area contributed by atoms with Gasteiger partial charge >= 0.3 is 6.09 Å². The van der Waals surface area contributed by atoms with Crippen molar-refractivity contribution in [2.75, 3.05) is 11.4 Å². The summed E-state index contributed by atoms with van der Waals surface area (Å²) >= 11 is 0. The summed E-state index contributed by atoms with van der Waals surface area (Å²) in [4.78, 5) is 26.7. The van der Waals surface area contributed by atoms with E-state index >= 15 is 0 Å². The molecule has 1 aliphatic heterocycles. The van der Waals surface area contributed by atoms with Gasteiger partial charge in [-0.05, 0) is 45.2 Å². The van der Waals surface area contributed by atoms with E-state index in [4.69, 9.17) is 4.74 Å². The maximum absolute atomic E-state index is 12.7. The van der Waals surface area contributed by atoms with Gasteiger partial charge in [0.05, 0.1) is 5.69 Å². The second-order valence-electron chi connectivity index (χ2n) is 8.85. The number of para-hydroxylation sites is 1. The monoisotopic (exact) mass is 329 g/mol. The van der Waals surface area contributed by atoms with Crippen LogP contribution in [-0.4, -0.2) is 24.0 Å². The topological polar surface area (TPSA) is 46.6 Å². The van der Waals surface area contributed by atoms with Gasteiger partial charge in [0.2, 0.25) is 0 Å². The van der Waals surface area contributed by atoms with Gasteiger partial charge in [0.15, 0.2) is 0 Å². The van der Waals surface area contributed by atoms with Crippen molar-refractivity contribution in [2.45, 2.75) is 64.9 Å². The Morgan fingerprint density at radius 3 is 2.50 bits per heavy atom. The number of ether oxygens (including phenoxy) is 1. The number of carbonyl (C=O) groups excluding carboxylic acids is 2. The maximum atomic E-state index is 12.7. The molecule has 0 radical (unpaired) electrons. The molecule has 1 heterocycles. The summed E-state index contributed by atoms with van der Waals surface area (Å²) in [5.41, 5.74) is 1.08. The van der Waals surface area contributed by atoms with E-state index in [1.807, 2.05) is 52.8 Å². The summed E-state index contributed by atoms with van der Waals surface area (Å²) < 4.78 is 5.61. The lowest BCUT2D eigenvalue weighted by molar-refractivity contribution is -0.131. The molecule has 4 nitrogen and oxygen atoms in total. The fourth-order valence-electron chi connectivity index (χ4n) is 4.20. The number of fused-ring (bicyclic) bond motifs is 2. The first kappa shape index (κ1) is 17.0. The van der Waals surface area contributed by atoms with Crippen LogP contribution in [0, 0.1) is 5.41 Å². The van der Waals surface area contributed by atoms with Gasteiger partial charge in [0.1, 0.15) is 11.4 Å². The van der Waals surface area contributed by atoms with Crippen molar-refractivity contribution in [1.29, 1.82) is 0 Å². The molecular weight excluding hydrogens is 302 g/mol. The first-order valence-electron chi connectivity index (χ1n) is 8.68. The number of ketones is 1. The minimum atomic E-state index is -0.524. The number of anilines is 1. The molecule has 1 aromatic rings. The van der Waals surface area contributed by atoms with Gasteiger partial charge in [-0.25, -0.2) is 4.79 Å². The first-order valence-corrected chi connectivity index (χ1v) is 8.68. The number of nitrogens with zero attached hydrogens (tertiary/aromatic N) is 1. The van der Waals surface area contributed by atoms with Crippen molar-refractivity contribution in [2.24, 2.45) is 5.41 Å². The molecule has 1 unspecified atom stereocenters. The van der Waals surface area contributed by atoms with Crippen molar-refractivity contribution in [3.8, 4) is 0 Å². The van der Waals surface area contributed by atoms with Crippen molar-refractivity contribution >= 4 is 17.6 Å². The van der Waals surface area contributed by atoms with Crippen LogP contribution in [0.25, 0.3) is 0 Å². The zero-order valence-corrected chi connectivity index (χ0v) is 15.3. The highest BCUT2D eigenvalue weighted by Crippen LogP contribution is 2.53. The summed E-state index contributed by atoms with van der Waals surface area (Å²) in [5, 5.41) is 0. The van der Waals surface area contributed by atoms with E-state index in [0.717, 1.165) is 18.5 Å². The lowest BCUT2D eigenvalue weighted by Crippen LogP contribution is -2.46. The van der Waals surface area contributed by atoms with Crippen LogP contribution in [0.5, 0.6) is 0 Å². The number of benzene rings is 1. The SMILES string of the molecule is CC(C)(C)OC(=O)N1CC2(CCC(=O)C(C)(C)C2)c2ccccc21. The average molecular weight is 329 g/mol. The van der Waals surface area contributed by atoms with E-state index in [2.05, 4.69) is 6.07 Å². The molecule has 3 rings (SSSR count). The van der Waals surface area contributed by atoms with Gasteiger partial charge in [0, 0.05) is 23.8 Å². The molecule has 1 amide bonds. The van der Waals surface area contributed by atoms with Crippen molar-refractivity contribution < 1.29 is 14.3 Å². The molecule has 0 N–H and O–H groups in total. The van der Waals surface area contributed by atoms with Gasteiger partial charge < -0.3 is 4.74 Å². The zero-order valence-electron chi connectivity index (χ0n) is 15.3. The standard InChI is InChI=1S/C20H27NO3/c1-18(2,3)24-17(23)21-13-20(14-8-6-7-9-15(14)21)11-10-16(22)19(4,5)12-20/h6-9H,10-13H2,1-5H3. The second kappa shape index (κ2) is 5.33. The summed E-state index contributed by atoms with van der Waals surface area (Å²) in [7, 11) is 0. The van der Waals surface area contributed by atoms with E-state index in [1.54, 1.807) is 4.90 Å². The van der Waals surface area contributed by atoms with E-state index < -0.39 is 5.60 Å². The van der Waals surface area contributed by atoms with E-state index in [-0.39, 0.29) is 16.9 Å². The maximum Gasteiger partial charge on any atom is 0.414 e. The van der Waals surface area contributed by atoms with Gasteiger partial charge in [-0.1, -0.05) is 32.0 Å². The molecule has 1 spiro atoms. The molecule has 2 aliphatic rings. The Hall–Kier alpha value is -1.84. The Balaban J connectivity index is 1.98. The summed E-state index contributed by atoms with van der Waals surface area (Å²) in [5.74, 6) is 0.321. The number of Topliss-reactive ketones (excluding diaryl/α,β-unsaturated/α-hetero) is 1. The molecule has 24 heavy (non-hydrogen) atoms. The highest BCUT2D eigenvalue weighted by atomic mass is 16.6. The zero-order chi connectivity index (χ0) is 17.8. The third kappa shape index (κ3) is 2.83. The summed E-state index contributed by atoms with van der Waals surface area (Å²) in [6, 6.07) is 8.06. The van der Waals surface area contributed by atoms with Crippen molar-refractivity contribution in [3.05, 3.63) is 29.8 Å². The highest BCUT2D eigenvalue weighted by Gasteiger charge is 2.52. The molecule has 0 bridgehead atoms. The Morgan fingerprint density at radius 2 is 1.88 bits per heavy atom. The predicted molar refractivity (Wildman–Crippen MR) is 94.3 cm³/mol. The molecule has 1 saturated carbocycles. The number of rotatable bonds is 0. The Morgan fingerprint density at radius 1 is 1.21 bits per heavy atom. The van der Waals surface area contributed by atoms with Crippen LogP contribution >= 0.6 is 0 Å². The number of amides is 1. The molecule has 0 aromatic heterocycles. The lowest BCUT2D eigenvalue weighted by Gasteiger charge is -2.42. The Labute approximate surface area is 144 Å². The molecule has 4 heteroatoms. The van der Waals surface area contributed by atoms with Crippen LogP contribution in [0.2, 0.25) is 0 Å². The fourth-order valence-corrected chi connectivity index (χ4v) is 4.20. The van der Waals surface area contributed by atoms with Crippen LogP contribution < -0.4 is 4.90 Å². The summed E-state index contributed by atoms with van der Waals surface area (Å²) in [6.07, 6.45) is 1.84. The van der Waals surface area contributed by atoms with Crippen molar-refractivity contribution in [1.82, 2.24) is 0 Å². The third-order valence-electron chi connectivity index (χ3n) is 5.21. The Kier molecular flexibility index (Phi) is 3.78. The highest BCUT2D eigenvalue weighted by molar-refractivity contribution is 5.93. The molecule has 1 aliphatic carbocycles. The molecule has 1 atom stereocenters. The number of hydrogen-bond donors (Lipinski definition) is 0. The minimum Gasteiger partial charge on any atom is -0.443 e. The normalized spacial score (nSPS) is 25.7. The average Bonchev–Trinajstić information content (AvgIpc) is 2.77. The van der Waals surface area contributed by atoms with Gasteiger partial charge in [-0.15, -0.1) is 0 Å². The van der Waals surface area contributed by atoms with Crippen LogP contribution in [0.3, 0.4) is 0 Å². The van der Waals surface area contributed by atoms with E-state index in [0.29, 0.717) is 18.7 Å². The van der Waals surface area contributed by atoms with Crippen LogP contribution in [0.1, 0.15) is 59.4 Å². The lowest BCUT2D eigenvalue weighted by atomic mass is 9.61. The molecular formula is C20H27NO3. The van der Waals surface area contributed by atoms with Crippen LogP contribution in [0.4, 0.5) is 10.5 Å².